The molecule has 3 aliphatic rings. The van der Waals surface area contributed by atoms with Gasteiger partial charge >= 0.3 is 0 Å². The van der Waals surface area contributed by atoms with Gasteiger partial charge in [-0.05, 0) is 43.4 Å². The van der Waals surface area contributed by atoms with Crippen molar-refractivity contribution in [2.24, 2.45) is 5.92 Å². The number of likely N-dealkylation sites (tertiary alicyclic amines) is 1. The summed E-state index contributed by atoms with van der Waals surface area (Å²) in [5.74, 6) is 0.628. The molecule has 6 nitrogen and oxygen atoms in total. The highest BCUT2D eigenvalue weighted by Crippen LogP contribution is 2.31. The topological polar surface area (TPSA) is 53.1 Å². The Morgan fingerprint density at radius 3 is 2.47 bits per heavy atom. The number of piperazine rings is 1. The van der Waals surface area contributed by atoms with Crippen molar-refractivity contribution in [3.05, 3.63) is 29.8 Å². The maximum Gasteiger partial charge on any atom is 0.175 e. The van der Waals surface area contributed by atoms with E-state index in [2.05, 4.69) is 21.6 Å². The van der Waals surface area contributed by atoms with Crippen LogP contribution in [0, 0.1) is 5.92 Å². The van der Waals surface area contributed by atoms with E-state index < -0.39 is 9.84 Å². The lowest BCUT2D eigenvalue weighted by atomic mass is 9.88. The van der Waals surface area contributed by atoms with Gasteiger partial charge in [-0.2, -0.15) is 0 Å². The van der Waals surface area contributed by atoms with Gasteiger partial charge in [-0.25, -0.2) is 8.42 Å². The van der Waals surface area contributed by atoms with Crippen LogP contribution in [0.15, 0.2) is 29.2 Å². The molecule has 0 radical (unpaired) electrons. The molecule has 0 bridgehead atoms. The van der Waals surface area contributed by atoms with Gasteiger partial charge in [-0.1, -0.05) is 19.1 Å². The van der Waals surface area contributed by atoms with Crippen LogP contribution in [-0.4, -0.2) is 87.5 Å². The second-order valence-corrected chi connectivity index (χ2v) is 11.3. The van der Waals surface area contributed by atoms with Crippen molar-refractivity contribution in [1.29, 1.82) is 0 Å². The molecular formula is C23H37N3O3S. The van der Waals surface area contributed by atoms with Gasteiger partial charge in [-0.15, -0.1) is 0 Å². The van der Waals surface area contributed by atoms with Gasteiger partial charge in [-0.3, -0.25) is 14.7 Å². The molecule has 3 aliphatic heterocycles. The van der Waals surface area contributed by atoms with E-state index in [1.807, 2.05) is 12.1 Å². The monoisotopic (exact) mass is 435 g/mol. The van der Waals surface area contributed by atoms with E-state index in [9.17, 15) is 8.42 Å². The number of benzene rings is 1. The Morgan fingerprint density at radius 1 is 1.07 bits per heavy atom. The summed E-state index contributed by atoms with van der Waals surface area (Å²) in [6.07, 6.45) is 6.47. The first kappa shape index (κ1) is 22.2. The second kappa shape index (κ2) is 9.65. The zero-order valence-electron chi connectivity index (χ0n) is 18.5. The zero-order valence-corrected chi connectivity index (χ0v) is 19.3. The smallest absolute Gasteiger partial charge is 0.175 e. The third kappa shape index (κ3) is 5.25. The van der Waals surface area contributed by atoms with Crippen LogP contribution in [0.25, 0.3) is 0 Å². The maximum atomic E-state index is 11.7. The molecule has 0 aromatic heterocycles. The molecule has 0 saturated carbocycles. The molecule has 4 rings (SSSR count). The first-order valence-electron chi connectivity index (χ1n) is 11.5. The molecule has 3 atom stereocenters. The number of hydrogen-bond acceptors (Lipinski definition) is 6. The highest BCUT2D eigenvalue weighted by Gasteiger charge is 2.39. The second-order valence-electron chi connectivity index (χ2n) is 9.29. The summed E-state index contributed by atoms with van der Waals surface area (Å²) in [6, 6.07) is 8.02. The number of ether oxygens (including phenoxy) is 1. The van der Waals surface area contributed by atoms with Crippen molar-refractivity contribution in [3.63, 3.8) is 0 Å². The fraction of sp³-hybridized carbons (Fsp3) is 0.739. The Labute approximate surface area is 182 Å². The summed E-state index contributed by atoms with van der Waals surface area (Å²) in [6.45, 7) is 10.8. The Kier molecular flexibility index (Phi) is 7.15. The van der Waals surface area contributed by atoms with Gasteiger partial charge in [0, 0.05) is 70.6 Å². The van der Waals surface area contributed by atoms with Crippen molar-refractivity contribution in [1.82, 2.24) is 14.7 Å². The molecule has 30 heavy (non-hydrogen) atoms. The number of nitrogens with zero attached hydrogens (tertiary/aromatic N) is 3. The van der Waals surface area contributed by atoms with E-state index in [0.29, 0.717) is 23.1 Å². The lowest BCUT2D eigenvalue weighted by Crippen LogP contribution is -2.60. The van der Waals surface area contributed by atoms with Crippen molar-refractivity contribution in [2.75, 3.05) is 52.1 Å². The van der Waals surface area contributed by atoms with E-state index in [1.165, 1.54) is 44.2 Å². The molecule has 3 fully saturated rings. The minimum atomic E-state index is -3.12. The molecular weight excluding hydrogens is 398 g/mol. The summed E-state index contributed by atoms with van der Waals surface area (Å²) in [5, 5.41) is 0. The van der Waals surface area contributed by atoms with Crippen molar-refractivity contribution >= 4 is 9.84 Å². The van der Waals surface area contributed by atoms with Gasteiger partial charge < -0.3 is 4.74 Å². The Morgan fingerprint density at radius 2 is 1.83 bits per heavy atom. The van der Waals surface area contributed by atoms with E-state index in [4.69, 9.17) is 4.74 Å². The molecule has 0 N–H and O–H groups in total. The number of hydrogen-bond donors (Lipinski definition) is 0. The lowest BCUT2D eigenvalue weighted by molar-refractivity contribution is -0.137. The molecule has 3 heterocycles. The van der Waals surface area contributed by atoms with E-state index in [1.54, 1.807) is 12.1 Å². The molecule has 0 aliphatic carbocycles. The molecule has 0 spiro atoms. The van der Waals surface area contributed by atoms with Crippen molar-refractivity contribution in [3.8, 4) is 0 Å². The van der Waals surface area contributed by atoms with Crippen molar-refractivity contribution in [2.45, 2.75) is 56.3 Å². The average Bonchev–Trinajstić information content (AvgIpc) is 2.69. The first-order chi connectivity index (χ1) is 14.4. The summed E-state index contributed by atoms with van der Waals surface area (Å²) in [5.41, 5.74) is 1.19. The molecule has 1 aromatic rings. The third-order valence-corrected chi connectivity index (χ3v) is 8.06. The van der Waals surface area contributed by atoms with Crippen LogP contribution in [0.2, 0.25) is 0 Å². The van der Waals surface area contributed by atoms with Gasteiger partial charge in [0.1, 0.15) is 6.23 Å². The predicted molar refractivity (Wildman–Crippen MR) is 119 cm³/mol. The van der Waals surface area contributed by atoms with E-state index in [0.717, 1.165) is 45.8 Å². The minimum Gasteiger partial charge on any atom is -0.363 e. The lowest BCUT2D eigenvalue weighted by Gasteiger charge is -2.50. The summed E-state index contributed by atoms with van der Waals surface area (Å²) in [7, 11) is -3.12. The number of piperidine rings is 1. The Bertz CT molecular complexity index is 794. The fourth-order valence-electron chi connectivity index (χ4n) is 5.12. The normalized spacial score (nSPS) is 27.4. The van der Waals surface area contributed by atoms with E-state index >= 15 is 0 Å². The predicted octanol–water partition coefficient (Wildman–Crippen LogP) is 2.44. The Hall–Kier alpha value is -0.990. The summed E-state index contributed by atoms with van der Waals surface area (Å²) in [4.78, 5) is 8.16. The quantitative estimate of drug-likeness (QED) is 0.625. The third-order valence-electron chi connectivity index (χ3n) is 6.93. The molecule has 1 aromatic carbocycles. The van der Waals surface area contributed by atoms with Crippen LogP contribution in [0.1, 0.15) is 38.2 Å². The first-order valence-corrected chi connectivity index (χ1v) is 13.4. The van der Waals surface area contributed by atoms with Crippen LogP contribution in [0.5, 0.6) is 0 Å². The molecule has 7 heteroatoms. The molecule has 3 unspecified atom stereocenters. The number of sulfone groups is 1. The minimum absolute atomic E-state index is 0.311. The van der Waals surface area contributed by atoms with Gasteiger partial charge in [0.25, 0.3) is 0 Å². The van der Waals surface area contributed by atoms with Crippen LogP contribution >= 0.6 is 0 Å². The van der Waals surface area contributed by atoms with Crippen molar-refractivity contribution < 1.29 is 13.2 Å². The largest absolute Gasteiger partial charge is 0.363 e. The zero-order chi connectivity index (χ0) is 21.1. The number of fused-ring (bicyclic) bond motifs is 1. The average molecular weight is 436 g/mol. The van der Waals surface area contributed by atoms with E-state index in [-0.39, 0.29) is 0 Å². The SMILES string of the molecule is CCCOC(C1CCC2CN(Cc3ccc(S(C)(=O)=O)cc3)CCN2C1)N1CCC1. The Balaban J connectivity index is 1.31. The fourth-order valence-corrected chi connectivity index (χ4v) is 5.75. The maximum absolute atomic E-state index is 11.7. The van der Waals surface area contributed by atoms with Crippen LogP contribution in [0.3, 0.4) is 0 Å². The highest BCUT2D eigenvalue weighted by atomic mass is 32.2. The number of rotatable bonds is 8. The van der Waals surface area contributed by atoms with Gasteiger partial charge in [0.05, 0.1) is 4.90 Å². The highest BCUT2D eigenvalue weighted by molar-refractivity contribution is 7.90. The van der Waals surface area contributed by atoms with Crippen LogP contribution in [-0.2, 0) is 21.1 Å². The standard InChI is InChI=1S/C23H37N3O3S/c1-3-15-29-23(25-11-4-12-25)20-7-8-21-18-24(13-14-26(21)17-20)16-19-5-9-22(10-6-19)30(2,27)28/h5-6,9-10,20-21,23H,3-4,7-8,11-18H2,1-2H3. The van der Waals surface area contributed by atoms with Crippen LogP contribution < -0.4 is 0 Å². The molecule has 3 saturated heterocycles. The summed E-state index contributed by atoms with van der Waals surface area (Å²) >= 11 is 0. The summed E-state index contributed by atoms with van der Waals surface area (Å²) < 4.78 is 29.6. The van der Waals surface area contributed by atoms with Crippen LogP contribution in [0.4, 0.5) is 0 Å². The van der Waals surface area contributed by atoms with Gasteiger partial charge in [0.15, 0.2) is 9.84 Å². The van der Waals surface area contributed by atoms with Gasteiger partial charge in [0.2, 0.25) is 0 Å². The molecule has 168 valence electrons. The molecule has 0 amide bonds.